The molecule has 1 atom stereocenters. The van der Waals surface area contributed by atoms with Gasteiger partial charge in [-0.3, -0.25) is 6.08 Å². The zero-order valence-electron chi connectivity index (χ0n) is 7.22. The molecule has 0 heterocycles. The molecule has 3 heteroatoms. The van der Waals surface area contributed by atoms with Gasteiger partial charge < -0.3 is 0 Å². The first-order valence-corrected chi connectivity index (χ1v) is 11.7. The Morgan fingerprint density at radius 3 is 2.54 bits per heavy atom. The van der Waals surface area contributed by atoms with Crippen molar-refractivity contribution in [2.45, 2.75) is 12.8 Å². The van der Waals surface area contributed by atoms with Crippen LogP contribution in [0.3, 0.4) is 0 Å². The molecule has 0 bridgehead atoms. The average Bonchev–Trinajstić information content (AvgIpc) is 2.50. The van der Waals surface area contributed by atoms with Gasteiger partial charge in [0.25, 0.3) is 0 Å². The van der Waals surface area contributed by atoms with Crippen LogP contribution in [0.2, 0.25) is 0 Å². The summed E-state index contributed by atoms with van der Waals surface area (Å²) in [7, 11) is 0. The number of rotatable bonds is 0. The van der Waals surface area contributed by atoms with E-state index in [1.54, 1.807) is 0 Å². The van der Waals surface area contributed by atoms with Crippen molar-refractivity contribution in [2.75, 3.05) is 0 Å². The Hall–Kier alpha value is 0.634. The predicted octanol–water partition coefficient (Wildman–Crippen LogP) is 4.31. The minimum atomic E-state index is 0.125. The van der Waals surface area contributed by atoms with Gasteiger partial charge >= 0.3 is 41.3 Å². The molecule has 0 fully saturated rings. The summed E-state index contributed by atoms with van der Waals surface area (Å²) in [5.41, 5.74) is 2.73. The van der Waals surface area contributed by atoms with Gasteiger partial charge in [0.15, 0.2) is 0 Å². The van der Waals surface area contributed by atoms with Gasteiger partial charge in [0.1, 0.15) is 0 Å². The van der Waals surface area contributed by atoms with Crippen molar-refractivity contribution in [2.24, 2.45) is 0 Å². The zero-order valence-corrected chi connectivity index (χ0v) is 12.0. The Kier molecular flexibility index (Phi) is 5.57. The maximum atomic E-state index is 3.26. The second-order valence-corrected chi connectivity index (χ2v) is 10.6. The topological polar surface area (TPSA) is 0 Å². The van der Waals surface area contributed by atoms with Crippen LogP contribution in [0, 0.1) is 6.08 Å². The van der Waals surface area contributed by atoms with Crippen molar-refractivity contribution in [1.82, 2.24) is 0 Å². The van der Waals surface area contributed by atoms with E-state index in [2.05, 4.69) is 69.7 Å². The van der Waals surface area contributed by atoms with E-state index in [9.17, 15) is 0 Å². The van der Waals surface area contributed by atoms with E-state index in [-0.39, 0.29) is 15.0 Å². The number of benzene rings is 1. The van der Waals surface area contributed by atoms with Crippen LogP contribution in [0.1, 0.15) is 24.0 Å². The first-order chi connectivity index (χ1) is 6.29. The SMILES string of the molecule is CC1[C-]=Cc2ccccc21.[Br][Ti][Br]. The minimum absolute atomic E-state index is 0.125. The molecule has 13 heavy (non-hydrogen) atoms. The number of halogens is 2. The van der Waals surface area contributed by atoms with Crippen molar-refractivity contribution in [3.8, 4) is 0 Å². The van der Waals surface area contributed by atoms with E-state index in [1.807, 2.05) is 0 Å². The van der Waals surface area contributed by atoms with Crippen LogP contribution < -0.4 is 0 Å². The molecule has 0 N–H and O–H groups in total. The van der Waals surface area contributed by atoms with Gasteiger partial charge in [-0.2, -0.15) is 5.56 Å². The predicted molar refractivity (Wildman–Crippen MR) is 60.4 cm³/mol. The Balaban J connectivity index is 0.000000251. The number of allylic oxidation sites excluding steroid dienone is 1. The van der Waals surface area contributed by atoms with Gasteiger partial charge in [-0.1, -0.05) is 31.0 Å². The second-order valence-electron chi connectivity index (χ2n) is 2.73. The van der Waals surface area contributed by atoms with Crippen molar-refractivity contribution in [3.05, 3.63) is 41.5 Å². The van der Waals surface area contributed by atoms with Crippen LogP contribution >= 0.6 is 26.3 Å². The van der Waals surface area contributed by atoms with Crippen molar-refractivity contribution < 1.29 is 15.0 Å². The van der Waals surface area contributed by atoms with E-state index in [4.69, 9.17) is 0 Å². The molecule has 0 radical (unpaired) electrons. The van der Waals surface area contributed by atoms with E-state index < -0.39 is 0 Å². The van der Waals surface area contributed by atoms with Crippen LogP contribution in [0.4, 0.5) is 0 Å². The standard InChI is InChI=1S/C10H9.2BrH.Ti/c1-8-6-7-9-4-2-3-5-10(8)9;;;/h2-5,7-8H,1H3;2*1H;/q-1;;;+2/p-2. The van der Waals surface area contributed by atoms with E-state index in [0.29, 0.717) is 5.92 Å². The van der Waals surface area contributed by atoms with Gasteiger partial charge in [-0.05, 0) is 0 Å². The molecule has 0 saturated heterocycles. The van der Waals surface area contributed by atoms with Gasteiger partial charge in [-0.15, -0.1) is 11.6 Å². The normalized spacial score (nSPS) is 17.3. The molecule has 2 rings (SSSR count). The van der Waals surface area contributed by atoms with Crippen LogP contribution in [0.5, 0.6) is 0 Å². The molecule has 1 unspecified atom stereocenters. The summed E-state index contributed by atoms with van der Waals surface area (Å²) in [5, 5.41) is 0. The summed E-state index contributed by atoms with van der Waals surface area (Å²) in [5.74, 6) is 0.496. The molecule has 1 aromatic rings. The molecule has 0 amide bonds. The third kappa shape index (κ3) is 3.36. The molecule has 1 aliphatic rings. The number of fused-ring (bicyclic) bond motifs is 1. The summed E-state index contributed by atoms with van der Waals surface area (Å²) < 4.78 is 0. The molecule has 0 aromatic heterocycles. The fourth-order valence-corrected chi connectivity index (χ4v) is 1.34. The van der Waals surface area contributed by atoms with Crippen LogP contribution in [0.25, 0.3) is 6.08 Å². The van der Waals surface area contributed by atoms with E-state index in [1.165, 1.54) is 11.1 Å². The Bertz CT molecular complexity index is 297. The monoisotopic (exact) mass is 335 g/mol. The molecule has 1 aliphatic carbocycles. The first-order valence-electron chi connectivity index (χ1n) is 3.94. The molecule has 0 nitrogen and oxygen atoms in total. The maximum absolute atomic E-state index is 3.26. The van der Waals surface area contributed by atoms with Crippen LogP contribution in [0.15, 0.2) is 24.3 Å². The molecular weight excluding hydrogens is 328 g/mol. The fourth-order valence-electron chi connectivity index (χ4n) is 1.34. The molecule has 0 aliphatic heterocycles. The third-order valence-corrected chi connectivity index (χ3v) is 1.95. The first kappa shape index (κ1) is 11.7. The van der Waals surface area contributed by atoms with Crippen molar-refractivity contribution >= 4 is 32.4 Å². The summed E-state index contributed by atoms with van der Waals surface area (Å²) in [6, 6.07) is 8.44. The molecule has 1 aromatic carbocycles. The van der Waals surface area contributed by atoms with Gasteiger partial charge in [0, 0.05) is 0 Å². The number of hydrogen-bond acceptors (Lipinski definition) is 0. The Labute approximate surface area is 101 Å². The molecule has 0 saturated carbocycles. The summed E-state index contributed by atoms with van der Waals surface area (Å²) in [6.45, 7) is 2.17. The average molecular weight is 337 g/mol. The van der Waals surface area contributed by atoms with Crippen molar-refractivity contribution in [1.29, 1.82) is 0 Å². The summed E-state index contributed by atoms with van der Waals surface area (Å²) in [4.78, 5) is 0. The second kappa shape index (κ2) is 6.18. The quantitative estimate of drug-likeness (QED) is 0.489. The Morgan fingerprint density at radius 2 is 1.92 bits per heavy atom. The third-order valence-electron chi connectivity index (χ3n) is 1.95. The van der Waals surface area contributed by atoms with Gasteiger partial charge in [0.2, 0.25) is 0 Å². The van der Waals surface area contributed by atoms with Crippen LogP contribution in [-0.4, -0.2) is 0 Å². The summed E-state index contributed by atoms with van der Waals surface area (Å²) in [6.07, 6.45) is 5.33. The summed E-state index contributed by atoms with van der Waals surface area (Å²) >= 11 is 6.50. The molecule has 68 valence electrons. The van der Waals surface area contributed by atoms with Gasteiger partial charge in [0.05, 0.1) is 0 Å². The molecule has 0 spiro atoms. The fraction of sp³-hybridized carbons (Fsp3) is 0.200. The number of hydrogen-bond donors (Lipinski definition) is 0. The van der Waals surface area contributed by atoms with E-state index >= 15 is 0 Å². The van der Waals surface area contributed by atoms with Crippen LogP contribution in [-0.2, 0) is 15.0 Å². The Morgan fingerprint density at radius 1 is 1.31 bits per heavy atom. The van der Waals surface area contributed by atoms with Crippen molar-refractivity contribution in [3.63, 3.8) is 0 Å². The van der Waals surface area contributed by atoms with Gasteiger partial charge in [-0.25, -0.2) is 6.08 Å². The zero-order chi connectivity index (χ0) is 9.68. The molecular formula is C10H9Br2Ti-. The van der Waals surface area contributed by atoms with E-state index in [0.717, 1.165) is 0 Å².